The maximum Gasteiger partial charge on any atom is 0.229 e. The first-order valence-corrected chi connectivity index (χ1v) is 16.1. The number of amides is 1. The molecule has 2 saturated heterocycles. The van der Waals surface area contributed by atoms with E-state index in [9.17, 15) is 13.2 Å². The summed E-state index contributed by atoms with van der Waals surface area (Å²) in [4.78, 5) is 16.8. The Kier molecular flexibility index (Phi) is 9.94. The molecule has 4 rings (SSSR count). The maximum atomic E-state index is 14.7. The summed E-state index contributed by atoms with van der Waals surface area (Å²) in [6.45, 7) is 10.1. The molecule has 2 aliphatic rings. The molecule has 9 heteroatoms. The van der Waals surface area contributed by atoms with Gasteiger partial charge in [-0.2, -0.15) is 0 Å². The van der Waals surface area contributed by atoms with Crippen LogP contribution in [-0.2, 0) is 25.0 Å². The lowest BCUT2D eigenvalue weighted by Crippen LogP contribution is -2.56. The van der Waals surface area contributed by atoms with Crippen molar-refractivity contribution >= 4 is 39.8 Å². The van der Waals surface area contributed by atoms with E-state index in [1.54, 1.807) is 6.92 Å². The molecule has 0 spiro atoms. The lowest BCUT2D eigenvalue weighted by Gasteiger charge is -2.52. The van der Waals surface area contributed by atoms with Crippen LogP contribution in [0.3, 0.4) is 0 Å². The number of piperidine rings is 1. The van der Waals surface area contributed by atoms with Gasteiger partial charge in [0.05, 0.1) is 24.0 Å². The number of carbonyl (C=O) groups is 1. The van der Waals surface area contributed by atoms with Crippen LogP contribution in [0.5, 0.6) is 0 Å². The van der Waals surface area contributed by atoms with Crippen molar-refractivity contribution in [3.05, 3.63) is 69.7 Å². The zero-order valence-electron chi connectivity index (χ0n) is 23.9. The Morgan fingerprint density at radius 2 is 1.73 bits per heavy atom. The number of hydrogen-bond acceptors (Lipinski definition) is 5. The molecule has 6 atom stereocenters. The average Bonchev–Trinajstić information content (AvgIpc) is 3.24. The van der Waals surface area contributed by atoms with Crippen molar-refractivity contribution < 1.29 is 22.7 Å². The van der Waals surface area contributed by atoms with E-state index in [1.807, 2.05) is 68.1 Å². The minimum atomic E-state index is -2.53. The third kappa shape index (κ3) is 7.04. The normalized spacial score (nSPS) is 28.1. The van der Waals surface area contributed by atoms with Crippen LogP contribution in [0.1, 0.15) is 89.8 Å². The number of rotatable bonds is 10. The van der Waals surface area contributed by atoms with Gasteiger partial charge in [0, 0.05) is 27.4 Å². The summed E-state index contributed by atoms with van der Waals surface area (Å²) >= 11 is 12.8. The molecule has 2 fully saturated rings. The van der Waals surface area contributed by atoms with Crippen molar-refractivity contribution in [1.82, 2.24) is 4.90 Å². The Bertz CT molecular complexity index is 1260. The predicted octanol–water partition coefficient (Wildman–Crippen LogP) is 7.16. The van der Waals surface area contributed by atoms with Crippen molar-refractivity contribution in [2.45, 2.75) is 102 Å². The molecule has 0 bridgehead atoms. The zero-order chi connectivity index (χ0) is 29.2. The second-order valence-electron chi connectivity index (χ2n) is 12.1. The molecule has 2 aromatic carbocycles. The topological polar surface area (TPSA) is 72.9 Å². The molecule has 6 nitrogen and oxygen atoms in total. The van der Waals surface area contributed by atoms with E-state index < -0.39 is 27.2 Å². The lowest BCUT2D eigenvalue weighted by atomic mass is 9.66. The predicted molar refractivity (Wildman–Crippen MR) is 161 cm³/mol. The van der Waals surface area contributed by atoms with Gasteiger partial charge in [0.15, 0.2) is 5.79 Å². The van der Waals surface area contributed by atoms with E-state index >= 15 is 0 Å². The van der Waals surface area contributed by atoms with Crippen LogP contribution < -0.4 is 0 Å². The van der Waals surface area contributed by atoms with Crippen LogP contribution in [0.25, 0.3) is 0 Å². The van der Waals surface area contributed by atoms with Gasteiger partial charge < -0.3 is 14.4 Å². The second kappa shape index (κ2) is 12.7. The molecular formula is C31H41Cl2NO5S. The van der Waals surface area contributed by atoms with Gasteiger partial charge in [-0.3, -0.25) is 4.79 Å². The number of benzene rings is 2. The highest BCUT2D eigenvalue weighted by Gasteiger charge is 2.53. The molecule has 0 aromatic heterocycles. The maximum absolute atomic E-state index is 14.7. The van der Waals surface area contributed by atoms with Crippen LogP contribution in [0.2, 0.25) is 10.0 Å². The van der Waals surface area contributed by atoms with E-state index in [4.69, 9.17) is 32.7 Å². The van der Waals surface area contributed by atoms with E-state index in [0.29, 0.717) is 48.8 Å². The number of hydrogen-bond donors (Lipinski definition) is 1. The highest BCUT2D eigenvalue weighted by Crippen LogP contribution is 2.53. The Balaban J connectivity index is 1.82. The summed E-state index contributed by atoms with van der Waals surface area (Å²) < 4.78 is 35.4. The summed E-state index contributed by atoms with van der Waals surface area (Å²) in [5, 5.41) is 0.814. The third-order valence-electron chi connectivity index (χ3n) is 8.48. The van der Waals surface area contributed by atoms with Gasteiger partial charge in [0.2, 0.25) is 5.91 Å². The van der Waals surface area contributed by atoms with Crippen LogP contribution in [0.15, 0.2) is 48.5 Å². The first kappa shape index (κ1) is 31.3. The second-order valence-corrected chi connectivity index (χ2v) is 14.4. The van der Waals surface area contributed by atoms with Crippen LogP contribution in [0.4, 0.5) is 0 Å². The Labute approximate surface area is 250 Å². The quantitative estimate of drug-likeness (QED) is 0.289. The summed E-state index contributed by atoms with van der Waals surface area (Å²) in [5.41, 5.74) is 1.33. The number of nitrogens with zero attached hydrogens (tertiary/aromatic N) is 1. The molecule has 2 unspecified atom stereocenters. The van der Waals surface area contributed by atoms with Gasteiger partial charge in [0.25, 0.3) is 0 Å². The molecule has 0 saturated carbocycles. The highest BCUT2D eigenvalue weighted by atomic mass is 35.5. The molecule has 0 radical (unpaired) electrons. The summed E-state index contributed by atoms with van der Waals surface area (Å²) in [6, 6.07) is 15.2. The van der Waals surface area contributed by atoms with Crippen LogP contribution in [0, 0.1) is 5.41 Å². The summed E-state index contributed by atoms with van der Waals surface area (Å²) in [6.07, 6.45) is 2.70. The number of ether oxygens (including phenoxy) is 2. The van der Waals surface area contributed by atoms with Gasteiger partial charge in [-0.25, -0.2) is 8.42 Å². The van der Waals surface area contributed by atoms with Crippen LogP contribution in [-0.4, -0.2) is 49.0 Å². The van der Waals surface area contributed by atoms with Gasteiger partial charge in [0.1, 0.15) is 10.7 Å². The molecule has 220 valence electrons. The smallest absolute Gasteiger partial charge is 0.229 e. The largest absolute Gasteiger partial charge is 0.348 e. The average molecular weight is 611 g/mol. The van der Waals surface area contributed by atoms with Crippen molar-refractivity contribution in [2.75, 3.05) is 6.61 Å². The minimum Gasteiger partial charge on any atom is -0.348 e. The number of halogens is 2. The summed E-state index contributed by atoms with van der Waals surface area (Å²) in [7, 11) is -2.53. The van der Waals surface area contributed by atoms with E-state index in [2.05, 4.69) is 13.0 Å². The Morgan fingerprint density at radius 1 is 1.02 bits per heavy atom. The van der Waals surface area contributed by atoms with Crippen molar-refractivity contribution in [2.24, 2.45) is 5.41 Å². The monoisotopic (exact) mass is 609 g/mol. The minimum absolute atomic E-state index is 0.0551. The van der Waals surface area contributed by atoms with E-state index in [0.717, 1.165) is 11.1 Å². The fourth-order valence-electron chi connectivity index (χ4n) is 6.42. The van der Waals surface area contributed by atoms with Crippen molar-refractivity contribution in [3.63, 3.8) is 0 Å². The van der Waals surface area contributed by atoms with Gasteiger partial charge >= 0.3 is 0 Å². The van der Waals surface area contributed by atoms with Crippen molar-refractivity contribution in [3.8, 4) is 0 Å². The van der Waals surface area contributed by atoms with Crippen molar-refractivity contribution in [1.29, 1.82) is 0 Å². The van der Waals surface area contributed by atoms with Gasteiger partial charge in [-0.1, -0.05) is 61.3 Å². The molecule has 0 aliphatic carbocycles. The summed E-state index contributed by atoms with van der Waals surface area (Å²) in [5.74, 6) is -0.682. The van der Waals surface area contributed by atoms with E-state index in [-0.39, 0.29) is 30.0 Å². The molecule has 2 aromatic rings. The first-order valence-electron chi connectivity index (χ1n) is 14.1. The Hall–Kier alpha value is -1.64. The van der Waals surface area contributed by atoms with Gasteiger partial charge in [-0.05, 0) is 88.3 Å². The number of thiol groups is 1. The zero-order valence-corrected chi connectivity index (χ0v) is 26.3. The highest BCUT2D eigenvalue weighted by molar-refractivity contribution is 7.73. The molecule has 2 heterocycles. The molecule has 0 N–H and O–H groups in total. The van der Waals surface area contributed by atoms with E-state index in [1.165, 1.54) is 0 Å². The molecule has 1 amide bonds. The van der Waals surface area contributed by atoms with Gasteiger partial charge in [-0.15, -0.1) is 0 Å². The fourth-order valence-corrected chi connectivity index (χ4v) is 7.10. The SMILES string of the molecule is CC[C@@H](CCC(C)[SH](=O)=O)N1C(=O)[C@@](C)(CC2COC(C)(C)O2)C[C@H](c2cccc(Cl)c2)[C@H]1c1ccc(Cl)cc1. The Morgan fingerprint density at radius 3 is 2.30 bits per heavy atom. The first-order chi connectivity index (χ1) is 18.8. The third-order valence-corrected chi connectivity index (χ3v) is 9.94. The molecular weight excluding hydrogens is 569 g/mol. The van der Waals surface area contributed by atoms with Crippen LogP contribution >= 0.6 is 23.2 Å². The fraction of sp³-hybridized carbons (Fsp3) is 0.581. The lowest BCUT2D eigenvalue weighted by molar-refractivity contribution is -0.163. The standard InChI is InChI=1S/C31H41Cl2NO5S/c1-6-25(15-10-20(2)40(36)37)34-28(21-11-13-23(32)14-12-21)27(22-8-7-9-24(33)16-22)18-31(5,29(34)35)17-26-19-38-30(3,4)39-26/h7-9,11-14,16,20,25-28,40H,6,10,15,17-19H2,1-5H3/t20?,25-,26?,27+,28+,31-/m0/s1. The molecule has 2 aliphatic heterocycles. The number of carbonyl (C=O) groups excluding carboxylic acids is 1. The molecule has 40 heavy (non-hydrogen) atoms. The number of likely N-dealkylation sites (tertiary alicyclic amines) is 1.